The molecule has 0 fully saturated rings. The van der Waals surface area contributed by atoms with Crippen LogP contribution in [0.1, 0.15) is 11.1 Å². The van der Waals surface area contributed by atoms with Gasteiger partial charge >= 0.3 is 0 Å². The van der Waals surface area contributed by atoms with Crippen molar-refractivity contribution >= 4 is 32.6 Å². The summed E-state index contributed by atoms with van der Waals surface area (Å²) in [4.78, 5) is 4.87. The monoisotopic (exact) mass is 287 g/mol. The Morgan fingerprint density at radius 3 is 2.64 bits per heavy atom. The highest BCUT2D eigenvalue weighted by Crippen LogP contribution is 2.57. The Balaban J connectivity index is 2.04. The van der Waals surface area contributed by atoms with Gasteiger partial charge in [0.2, 0.25) is 0 Å². The molecule has 22 heavy (non-hydrogen) atoms. The molecule has 3 heteroatoms. The Kier molecular flexibility index (Phi) is 2.15. The molecule has 1 N–H and O–H groups in total. The van der Waals surface area contributed by atoms with Gasteiger partial charge in [-0.2, -0.15) is 0 Å². The van der Waals surface area contributed by atoms with Gasteiger partial charge in [-0.3, -0.25) is 0 Å². The zero-order valence-corrected chi connectivity index (χ0v) is 12.1. The van der Waals surface area contributed by atoms with Crippen LogP contribution in [0.2, 0.25) is 0 Å². The molecule has 5 rings (SSSR count). The van der Waals surface area contributed by atoms with Crippen molar-refractivity contribution in [3.8, 4) is 11.5 Å². The van der Waals surface area contributed by atoms with Gasteiger partial charge < -0.3 is 9.84 Å². The number of hydrogen-bond donors (Lipinski definition) is 1. The second-order valence-corrected chi connectivity index (χ2v) is 5.78. The van der Waals surface area contributed by atoms with Crippen molar-refractivity contribution in [2.45, 2.75) is 13.5 Å². The topological polar surface area (TPSA) is 45.7 Å². The van der Waals surface area contributed by atoms with Gasteiger partial charge in [0.1, 0.15) is 0 Å². The standard InChI is InChI=1S/C19H13NO2/c1-10-14-8-11(9-21)6-7-15(14)20-17-12-4-2-3-5-13(12)18-19(22-18)16(10)17/h2-8,21H,9H2,1H3. The molecule has 0 aliphatic carbocycles. The summed E-state index contributed by atoms with van der Waals surface area (Å²) >= 11 is 0. The summed E-state index contributed by atoms with van der Waals surface area (Å²) in [6.45, 7) is 2.14. The molecule has 2 heterocycles. The molecule has 4 aromatic rings. The molecule has 0 bridgehead atoms. The van der Waals surface area contributed by atoms with Crippen LogP contribution in [-0.2, 0) is 6.61 Å². The van der Waals surface area contributed by atoms with Crippen LogP contribution in [-0.4, -0.2) is 10.1 Å². The molecular weight excluding hydrogens is 274 g/mol. The van der Waals surface area contributed by atoms with Crippen LogP contribution in [0.3, 0.4) is 0 Å². The number of aliphatic hydroxyl groups is 1. The summed E-state index contributed by atoms with van der Waals surface area (Å²) < 4.78 is 5.76. The molecule has 0 atom stereocenters. The summed E-state index contributed by atoms with van der Waals surface area (Å²) in [6, 6.07) is 14.2. The molecule has 0 radical (unpaired) electrons. The number of aryl methyl sites for hydroxylation is 1. The van der Waals surface area contributed by atoms with Gasteiger partial charge in [-0.1, -0.05) is 30.3 Å². The molecule has 0 saturated heterocycles. The summed E-state index contributed by atoms with van der Waals surface area (Å²) in [7, 11) is 0. The minimum absolute atomic E-state index is 0.0414. The van der Waals surface area contributed by atoms with E-state index in [2.05, 4.69) is 19.1 Å². The second kappa shape index (κ2) is 3.96. The number of benzene rings is 3. The van der Waals surface area contributed by atoms with Gasteiger partial charge in [0.05, 0.1) is 23.0 Å². The third-order valence-electron chi connectivity index (χ3n) is 4.51. The van der Waals surface area contributed by atoms with Crippen LogP contribution in [0.15, 0.2) is 42.5 Å². The Hall–Kier alpha value is -2.65. The van der Waals surface area contributed by atoms with E-state index in [1.54, 1.807) is 0 Å². The molecule has 3 aromatic carbocycles. The van der Waals surface area contributed by atoms with Crippen molar-refractivity contribution in [3.63, 3.8) is 0 Å². The van der Waals surface area contributed by atoms with Crippen molar-refractivity contribution in [1.82, 2.24) is 4.98 Å². The van der Waals surface area contributed by atoms with E-state index >= 15 is 0 Å². The maximum absolute atomic E-state index is 9.36. The van der Waals surface area contributed by atoms with E-state index in [0.29, 0.717) is 0 Å². The Bertz CT molecular complexity index is 1100. The van der Waals surface area contributed by atoms with E-state index in [0.717, 1.165) is 55.2 Å². The number of fused-ring (bicyclic) bond motifs is 7. The Morgan fingerprint density at radius 2 is 1.82 bits per heavy atom. The van der Waals surface area contributed by atoms with Crippen molar-refractivity contribution < 1.29 is 9.84 Å². The first kappa shape index (κ1) is 12.0. The van der Waals surface area contributed by atoms with E-state index in [-0.39, 0.29) is 6.61 Å². The largest absolute Gasteiger partial charge is 0.448 e. The number of nitrogens with zero attached hydrogens (tertiary/aromatic N) is 1. The van der Waals surface area contributed by atoms with E-state index in [1.807, 2.05) is 30.3 Å². The van der Waals surface area contributed by atoms with Crippen LogP contribution >= 0.6 is 0 Å². The molecule has 1 aliphatic rings. The molecule has 3 nitrogen and oxygen atoms in total. The predicted molar refractivity (Wildman–Crippen MR) is 87.5 cm³/mol. The molecule has 1 aromatic heterocycles. The summed E-state index contributed by atoms with van der Waals surface area (Å²) in [5.41, 5.74) is 4.01. The summed E-state index contributed by atoms with van der Waals surface area (Å²) in [5, 5.41) is 13.8. The predicted octanol–water partition coefficient (Wildman–Crippen LogP) is 4.45. The maximum atomic E-state index is 9.36. The highest BCUT2D eigenvalue weighted by Gasteiger charge is 2.30. The lowest BCUT2D eigenvalue weighted by atomic mass is 9.99. The minimum atomic E-state index is 0.0414. The highest BCUT2D eigenvalue weighted by atomic mass is 16.6. The number of hydrogen-bond acceptors (Lipinski definition) is 3. The van der Waals surface area contributed by atoms with E-state index in [9.17, 15) is 5.11 Å². The number of ether oxygens (including phenoxy) is 1. The second-order valence-electron chi connectivity index (χ2n) is 5.78. The van der Waals surface area contributed by atoms with Gasteiger partial charge in [0, 0.05) is 16.2 Å². The lowest BCUT2D eigenvalue weighted by Gasteiger charge is -2.08. The Labute approximate surface area is 126 Å². The zero-order chi connectivity index (χ0) is 14.8. The number of pyridine rings is 1. The average molecular weight is 287 g/mol. The lowest BCUT2D eigenvalue weighted by molar-refractivity contribution is 0.282. The highest BCUT2D eigenvalue weighted by molar-refractivity contribution is 6.18. The van der Waals surface area contributed by atoms with Gasteiger partial charge in [-0.15, -0.1) is 0 Å². The normalized spacial score (nSPS) is 12.6. The van der Waals surface area contributed by atoms with Crippen LogP contribution in [0.25, 0.3) is 32.6 Å². The fourth-order valence-corrected chi connectivity index (χ4v) is 3.35. The van der Waals surface area contributed by atoms with Gasteiger partial charge in [0.15, 0.2) is 11.5 Å². The average Bonchev–Trinajstić information content (AvgIpc) is 3.35. The molecule has 0 amide bonds. The van der Waals surface area contributed by atoms with E-state index in [1.165, 1.54) is 0 Å². The Morgan fingerprint density at radius 1 is 1.00 bits per heavy atom. The quantitative estimate of drug-likeness (QED) is 0.281. The first-order valence-electron chi connectivity index (χ1n) is 7.34. The van der Waals surface area contributed by atoms with Crippen molar-refractivity contribution in [3.05, 3.63) is 53.6 Å². The molecule has 0 saturated carbocycles. The first-order chi connectivity index (χ1) is 10.8. The lowest BCUT2D eigenvalue weighted by Crippen LogP contribution is -1.90. The van der Waals surface area contributed by atoms with Gasteiger partial charge in [-0.05, 0) is 30.2 Å². The molecule has 1 aliphatic heterocycles. The van der Waals surface area contributed by atoms with Crippen LogP contribution in [0.5, 0.6) is 11.5 Å². The smallest absolute Gasteiger partial charge is 0.180 e. The first-order valence-corrected chi connectivity index (χ1v) is 7.34. The molecule has 106 valence electrons. The van der Waals surface area contributed by atoms with E-state index in [4.69, 9.17) is 9.72 Å². The molecule has 0 spiro atoms. The SMILES string of the molecule is Cc1c2cc(CO)ccc2nc2c1c1c(c3ccccc32)O1. The third-order valence-corrected chi connectivity index (χ3v) is 4.51. The third kappa shape index (κ3) is 1.41. The van der Waals surface area contributed by atoms with Gasteiger partial charge in [0.25, 0.3) is 0 Å². The number of aliphatic hydroxyl groups excluding tert-OH is 1. The number of rotatable bonds is 1. The fourth-order valence-electron chi connectivity index (χ4n) is 3.35. The van der Waals surface area contributed by atoms with Crippen LogP contribution < -0.4 is 4.74 Å². The van der Waals surface area contributed by atoms with Crippen molar-refractivity contribution in [1.29, 1.82) is 0 Å². The van der Waals surface area contributed by atoms with Crippen molar-refractivity contribution in [2.24, 2.45) is 0 Å². The van der Waals surface area contributed by atoms with E-state index < -0.39 is 0 Å². The summed E-state index contributed by atoms with van der Waals surface area (Å²) in [5.74, 6) is 1.93. The fraction of sp³-hybridized carbons (Fsp3) is 0.105. The molecule has 0 unspecified atom stereocenters. The zero-order valence-electron chi connectivity index (χ0n) is 12.1. The van der Waals surface area contributed by atoms with Crippen molar-refractivity contribution in [2.75, 3.05) is 0 Å². The molecular formula is C19H13NO2. The number of aromatic nitrogens is 1. The minimum Gasteiger partial charge on any atom is -0.448 e. The maximum Gasteiger partial charge on any atom is 0.180 e. The van der Waals surface area contributed by atoms with Crippen LogP contribution in [0, 0.1) is 6.92 Å². The van der Waals surface area contributed by atoms with Crippen LogP contribution in [0.4, 0.5) is 0 Å². The summed E-state index contributed by atoms with van der Waals surface area (Å²) in [6.07, 6.45) is 0. The van der Waals surface area contributed by atoms with Gasteiger partial charge in [-0.25, -0.2) is 4.98 Å².